The molecule has 0 spiro atoms. The minimum atomic E-state index is 0.0602. The highest BCUT2D eigenvalue weighted by atomic mass is 16.5. The summed E-state index contributed by atoms with van der Waals surface area (Å²) in [6.07, 6.45) is 0. The maximum Gasteiger partial charge on any atom is 0.161 e. The molecule has 2 aromatic carbocycles. The lowest BCUT2D eigenvalue weighted by Crippen LogP contribution is -1.95. The van der Waals surface area contributed by atoms with Crippen LogP contribution in [0.5, 0.6) is 17.2 Å². The number of phenols is 1. The third-order valence-corrected chi connectivity index (χ3v) is 2.99. The van der Waals surface area contributed by atoms with Gasteiger partial charge in [0.1, 0.15) is 5.75 Å². The van der Waals surface area contributed by atoms with Crippen molar-refractivity contribution in [3.05, 3.63) is 36.4 Å². The van der Waals surface area contributed by atoms with Crippen LogP contribution < -0.4 is 14.8 Å². The highest BCUT2D eigenvalue weighted by Gasteiger charge is 2.14. The Balaban J connectivity index is 2.66. The van der Waals surface area contributed by atoms with Crippen LogP contribution in [0.2, 0.25) is 0 Å². The fraction of sp³-hybridized carbons (Fsp3) is 0.200. The fourth-order valence-electron chi connectivity index (χ4n) is 2.03. The van der Waals surface area contributed by atoms with Gasteiger partial charge in [0.2, 0.25) is 0 Å². The van der Waals surface area contributed by atoms with Crippen molar-refractivity contribution in [2.24, 2.45) is 0 Å². The molecule has 2 rings (SSSR count). The second-order valence-electron chi connectivity index (χ2n) is 4.02. The van der Waals surface area contributed by atoms with Crippen molar-refractivity contribution < 1.29 is 14.6 Å². The number of aromatic hydroxyl groups is 1. The van der Waals surface area contributed by atoms with Gasteiger partial charge >= 0.3 is 0 Å². The van der Waals surface area contributed by atoms with E-state index < -0.39 is 0 Å². The average molecular weight is 259 g/mol. The largest absolute Gasteiger partial charge is 0.504 e. The third-order valence-electron chi connectivity index (χ3n) is 2.99. The van der Waals surface area contributed by atoms with Crippen LogP contribution in [0.1, 0.15) is 0 Å². The van der Waals surface area contributed by atoms with E-state index in [1.54, 1.807) is 19.2 Å². The summed E-state index contributed by atoms with van der Waals surface area (Å²) in [5.41, 5.74) is 2.83. The highest BCUT2D eigenvalue weighted by molar-refractivity contribution is 5.83. The monoisotopic (exact) mass is 259 g/mol. The number of hydrogen-bond donors (Lipinski definition) is 2. The molecule has 0 saturated heterocycles. The van der Waals surface area contributed by atoms with Crippen LogP contribution in [0.3, 0.4) is 0 Å². The molecule has 0 aliphatic carbocycles. The standard InChI is InChI=1S/C15H17NO3/c1-16-12-7-5-4-6-10(12)11-8-15(19-3)13(17)9-14(11)18-2/h4-9,16-17H,1-3H3. The molecule has 0 bridgehead atoms. The second-order valence-corrected chi connectivity index (χ2v) is 4.02. The molecule has 0 unspecified atom stereocenters. The van der Waals surface area contributed by atoms with Gasteiger partial charge < -0.3 is 19.9 Å². The number of rotatable bonds is 4. The van der Waals surface area contributed by atoms with Gasteiger partial charge in [-0.05, 0) is 12.1 Å². The normalized spacial score (nSPS) is 10.1. The van der Waals surface area contributed by atoms with Crippen molar-refractivity contribution in [1.82, 2.24) is 0 Å². The maximum absolute atomic E-state index is 9.80. The van der Waals surface area contributed by atoms with Crippen molar-refractivity contribution in [1.29, 1.82) is 0 Å². The first-order valence-corrected chi connectivity index (χ1v) is 5.93. The molecule has 0 aromatic heterocycles. The predicted molar refractivity (Wildman–Crippen MR) is 76.2 cm³/mol. The van der Waals surface area contributed by atoms with Crippen molar-refractivity contribution in [2.75, 3.05) is 26.6 Å². The first kappa shape index (κ1) is 13.1. The molecule has 4 nitrogen and oxygen atoms in total. The molecule has 0 aliphatic rings. The summed E-state index contributed by atoms with van der Waals surface area (Å²) in [4.78, 5) is 0. The van der Waals surface area contributed by atoms with E-state index in [1.807, 2.05) is 31.3 Å². The van der Waals surface area contributed by atoms with Gasteiger partial charge in [0.05, 0.1) is 14.2 Å². The van der Waals surface area contributed by atoms with Gasteiger partial charge in [-0.25, -0.2) is 0 Å². The van der Waals surface area contributed by atoms with Gasteiger partial charge in [0.15, 0.2) is 11.5 Å². The topological polar surface area (TPSA) is 50.7 Å². The van der Waals surface area contributed by atoms with E-state index in [1.165, 1.54) is 7.11 Å². The van der Waals surface area contributed by atoms with Gasteiger partial charge in [-0.2, -0.15) is 0 Å². The van der Waals surface area contributed by atoms with Crippen LogP contribution in [0, 0.1) is 0 Å². The van der Waals surface area contributed by atoms with Crippen molar-refractivity contribution in [3.63, 3.8) is 0 Å². The zero-order valence-corrected chi connectivity index (χ0v) is 11.2. The van der Waals surface area contributed by atoms with Crippen LogP contribution in [0.15, 0.2) is 36.4 Å². The summed E-state index contributed by atoms with van der Waals surface area (Å²) in [6, 6.07) is 11.2. The van der Waals surface area contributed by atoms with E-state index >= 15 is 0 Å². The molecule has 0 heterocycles. The number of para-hydroxylation sites is 1. The third kappa shape index (κ3) is 2.42. The Bertz CT molecular complexity index is 582. The second kappa shape index (κ2) is 5.52. The lowest BCUT2D eigenvalue weighted by Gasteiger charge is -2.15. The summed E-state index contributed by atoms with van der Waals surface area (Å²) >= 11 is 0. The summed E-state index contributed by atoms with van der Waals surface area (Å²) in [7, 11) is 4.96. The lowest BCUT2D eigenvalue weighted by atomic mass is 10.0. The zero-order chi connectivity index (χ0) is 13.8. The van der Waals surface area contributed by atoms with Gasteiger partial charge in [0, 0.05) is 29.9 Å². The van der Waals surface area contributed by atoms with Crippen LogP contribution in [-0.2, 0) is 0 Å². The molecule has 0 fully saturated rings. The molecular weight excluding hydrogens is 242 g/mol. The molecular formula is C15H17NO3. The first-order chi connectivity index (χ1) is 9.21. The van der Waals surface area contributed by atoms with Gasteiger partial charge in [-0.1, -0.05) is 18.2 Å². The summed E-state index contributed by atoms with van der Waals surface area (Å²) in [6.45, 7) is 0. The predicted octanol–water partition coefficient (Wildman–Crippen LogP) is 3.12. The SMILES string of the molecule is CNc1ccccc1-c1cc(OC)c(O)cc1OC. The van der Waals surface area contributed by atoms with Crippen molar-refractivity contribution >= 4 is 5.69 Å². The van der Waals surface area contributed by atoms with E-state index in [0.717, 1.165) is 16.8 Å². The van der Waals surface area contributed by atoms with E-state index in [-0.39, 0.29) is 5.75 Å². The number of benzene rings is 2. The molecule has 100 valence electrons. The van der Waals surface area contributed by atoms with Crippen molar-refractivity contribution in [3.8, 4) is 28.4 Å². The van der Waals surface area contributed by atoms with Gasteiger partial charge in [0.25, 0.3) is 0 Å². The molecule has 4 heteroatoms. The summed E-state index contributed by atoms with van der Waals surface area (Å²) in [5.74, 6) is 1.08. The molecule has 0 amide bonds. The van der Waals surface area contributed by atoms with Gasteiger partial charge in [-0.3, -0.25) is 0 Å². The molecule has 0 aliphatic heterocycles. The first-order valence-electron chi connectivity index (χ1n) is 5.93. The molecule has 0 radical (unpaired) electrons. The number of methoxy groups -OCH3 is 2. The molecule has 2 aromatic rings. The number of hydrogen-bond acceptors (Lipinski definition) is 4. The Morgan fingerprint density at radius 1 is 0.947 bits per heavy atom. The Kier molecular flexibility index (Phi) is 3.80. The van der Waals surface area contributed by atoms with Crippen LogP contribution in [-0.4, -0.2) is 26.4 Å². The lowest BCUT2D eigenvalue weighted by molar-refractivity contribution is 0.366. The summed E-state index contributed by atoms with van der Waals surface area (Å²) in [5, 5.41) is 12.9. The van der Waals surface area contributed by atoms with E-state index in [4.69, 9.17) is 9.47 Å². The maximum atomic E-state index is 9.80. The number of phenolic OH excluding ortho intramolecular Hbond substituents is 1. The number of ether oxygens (including phenoxy) is 2. The van der Waals surface area contributed by atoms with E-state index in [0.29, 0.717) is 11.5 Å². The Labute approximate surface area is 112 Å². The van der Waals surface area contributed by atoms with Crippen LogP contribution in [0.25, 0.3) is 11.1 Å². The highest BCUT2D eigenvalue weighted by Crippen LogP contribution is 2.41. The summed E-state index contributed by atoms with van der Waals surface area (Å²) < 4.78 is 10.5. The average Bonchev–Trinajstić information content (AvgIpc) is 2.46. The van der Waals surface area contributed by atoms with Crippen molar-refractivity contribution in [2.45, 2.75) is 0 Å². The molecule has 19 heavy (non-hydrogen) atoms. The zero-order valence-electron chi connectivity index (χ0n) is 11.2. The number of anilines is 1. The Hall–Kier alpha value is -2.36. The quantitative estimate of drug-likeness (QED) is 0.885. The van der Waals surface area contributed by atoms with E-state index in [2.05, 4.69) is 5.32 Å². The fourth-order valence-corrected chi connectivity index (χ4v) is 2.03. The Morgan fingerprint density at radius 3 is 2.26 bits per heavy atom. The Morgan fingerprint density at radius 2 is 1.63 bits per heavy atom. The van der Waals surface area contributed by atoms with Gasteiger partial charge in [-0.15, -0.1) is 0 Å². The van der Waals surface area contributed by atoms with Crippen LogP contribution in [0.4, 0.5) is 5.69 Å². The molecule has 0 saturated carbocycles. The van der Waals surface area contributed by atoms with E-state index in [9.17, 15) is 5.11 Å². The minimum Gasteiger partial charge on any atom is -0.504 e. The molecule has 0 atom stereocenters. The number of nitrogens with one attached hydrogen (secondary N) is 1. The smallest absolute Gasteiger partial charge is 0.161 e. The minimum absolute atomic E-state index is 0.0602. The molecule has 2 N–H and O–H groups in total. The van der Waals surface area contributed by atoms with Crippen LogP contribution >= 0.6 is 0 Å².